The van der Waals surface area contributed by atoms with Crippen molar-refractivity contribution in [2.45, 2.75) is 104 Å². The smallest absolute Gasteiger partial charge is 0.322 e. The van der Waals surface area contributed by atoms with Crippen LogP contribution in [0.3, 0.4) is 0 Å². The van der Waals surface area contributed by atoms with Gasteiger partial charge in [-0.15, -0.1) is 0 Å². The fraction of sp³-hybridized carbons (Fsp3) is 0.531. The molecule has 0 saturated carbocycles. The molecule has 0 spiro atoms. The minimum atomic E-state index is -0.564. The third-order valence-corrected chi connectivity index (χ3v) is 6.33. The van der Waals surface area contributed by atoms with Crippen LogP contribution in [0.2, 0.25) is 0 Å². The fourth-order valence-electron chi connectivity index (χ4n) is 3.57. The number of hydrogen-bond acceptors (Lipinski definition) is 7. The Kier molecular flexibility index (Phi) is 16.4. The summed E-state index contributed by atoms with van der Waals surface area (Å²) in [4.78, 5) is 35.3. The molecule has 2 aromatic carbocycles. The van der Waals surface area contributed by atoms with Crippen LogP contribution in [0.4, 0.5) is 0 Å². The lowest BCUT2D eigenvalue weighted by Crippen LogP contribution is -3.00. The van der Waals surface area contributed by atoms with Crippen molar-refractivity contribution in [2.75, 3.05) is 0 Å². The standard InChI is InChI=1S/C19H28O4.C13H19NO2.ClH/c1-13(12-17(20)23-19(4,5)6)18(21)22-15(3)14(2)16-10-8-7-9-11-16;1-9(12-7-5-4-6-8-12)11(3)16-13(15)10(2)14;/h7-11,13-15H,12H2,1-6H3;4-11H,14H2,1-3H3;1H/p-1/t13-,14-,15+;9-,10+,11+;/m11./s1. The van der Waals surface area contributed by atoms with E-state index in [4.69, 9.17) is 19.9 Å². The van der Waals surface area contributed by atoms with Crippen molar-refractivity contribution in [1.82, 2.24) is 0 Å². The molecule has 8 heteroatoms. The van der Waals surface area contributed by atoms with Crippen molar-refractivity contribution >= 4 is 17.9 Å². The van der Waals surface area contributed by atoms with E-state index in [0.29, 0.717) is 0 Å². The van der Waals surface area contributed by atoms with Gasteiger partial charge in [0.2, 0.25) is 0 Å². The van der Waals surface area contributed by atoms with Crippen LogP contribution >= 0.6 is 0 Å². The van der Waals surface area contributed by atoms with E-state index >= 15 is 0 Å². The van der Waals surface area contributed by atoms with Gasteiger partial charge in [0.1, 0.15) is 23.9 Å². The van der Waals surface area contributed by atoms with Crippen molar-refractivity contribution in [1.29, 1.82) is 0 Å². The number of halogens is 1. The molecule has 2 rings (SSSR count). The predicted octanol–water partition coefficient (Wildman–Crippen LogP) is 3.16. The van der Waals surface area contributed by atoms with E-state index in [0.717, 1.165) is 11.1 Å². The molecule has 7 nitrogen and oxygen atoms in total. The second-order valence-electron chi connectivity index (χ2n) is 11.2. The van der Waals surface area contributed by atoms with Crippen molar-refractivity contribution in [2.24, 2.45) is 11.7 Å². The van der Waals surface area contributed by atoms with Gasteiger partial charge in [-0.05, 0) is 52.7 Å². The number of ether oxygens (including phenoxy) is 3. The molecule has 0 aliphatic carbocycles. The Bertz CT molecular complexity index is 1020. The Balaban J connectivity index is 0.000000788. The van der Waals surface area contributed by atoms with E-state index in [1.54, 1.807) is 34.6 Å². The monoisotopic (exact) mass is 576 g/mol. The van der Waals surface area contributed by atoms with Crippen LogP contribution < -0.4 is 18.1 Å². The van der Waals surface area contributed by atoms with Crippen LogP contribution in [0.15, 0.2) is 60.7 Å². The van der Waals surface area contributed by atoms with E-state index < -0.39 is 17.6 Å². The molecule has 0 radical (unpaired) electrons. The molecule has 0 unspecified atom stereocenters. The Labute approximate surface area is 246 Å². The predicted molar refractivity (Wildman–Crippen MR) is 154 cm³/mol. The minimum Gasteiger partial charge on any atom is -1.00 e. The highest BCUT2D eigenvalue weighted by Crippen LogP contribution is 2.23. The summed E-state index contributed by atoms with van der Waals surface area (Å²) in [5.41, 5.74) is 7.18. The lowest BCUT2D eigenvalue weighted by Gasteiger charge is -2.23. The summed E-state index contributed by atoms with van der Waals surface area (Å²) in [5.74, 6) is -1.36. The van der Waals surface area contributed by atoms with Crippen LogP contribution in [0.25, 0.3) is 0 Å². The molecule has 0 aliphatic rings. The third kappa shape index (κ3) is 13.9. The quantitative estimate of drug-likeness (QED) is 0.342. The van der Waals surface area contributed by atoms with Crippen LogP contribution in [0.5, 0.6) is 0 Å². The molecule has 2 N–H and O–H groups in total. The maximum absolute atomic E-state index is 12.2. The second kappa shape index (κ2) is 17.7. The Morgan fingerprint density at radius 2 is 1.07 bits per heavy atom. The number of hydrogen-bond donors (Lipinski definition) is 1. The average molecular weight is 577 g/mol. The molecular weight excluding hydrogens is 530 g/mol. The average Bonchev–Trinajstić information content (AvgIpc) is 2.87. The van der Waals surface area contributed by atoms with E-state index in [-0.39, 0.29) is 60.8 Å². The summed E-state index contributed by atoms with van der Waals surface area (Å²) in [6.45, 7) is 16.5. The number of nitrogens with two attached hydrogens (primary N) is 1. The van der Waals surface area contributed by atoms with E-state index in [1.165, 1.54) is 0 Å². The maximum Gasteiger partial charge on any atom is 0.322 e. The second-order valence-corrected chi connectivity index (χ2v) is 11.2. The normalized spacial score (nSPS) is 15.3. The third-order valence-electron chi connectivity index (χ3n) is 6.33. The van der Waals surface area contributed by atoms with Crippen molar-refractivity contribution in [3.8, 4) is 0 Å². The molecule has 0 bridgehead atoms. The number of esters is 3. The van der Waals surface area contributed by atoms with E-state index in [1.807, 2.05) is 88.4 Å². The SMILES string of the molecule is C[C@H](CC(=O)OC(C)(C)C)C(=O)O[C@@H](C)[C@@H](C)c1ccccc1.C[C@H](N)C(=O)O[C@@H](C)[C@@H](C)c1ccccc1.[Cl-]. The summed E-state index contributed by atoms with van der Waals surface area (Å²) >= 11 is 0. The van der Waals surface area contributed by atoms with Gasteiger partial charge in [-0.25, -0.2) is 0 Å². The molecule has 6 atom stereocenters. The Morgan fingerprint density at radius 1 is 0.700 bits per heavy atom. The maximum atomic E-state index is 12.2. The lowest BCUT2D eigenvalue weighted by molar-refractivity contribution is -0.163. The topological polar surface area (TPSA) is 105 Å². The van der Waals surface area contributed by atoms with Gasteiger partial charge < -0.3 is 32.4 Å². The van der Waals surface area contributed by atoms with Gasteiger partial charge >= 0.3 is 17.9 Å². The molecule has 2 aromatic rings. The number of carbonyl (C=O) groups is 3. The summed E-state index contributed by atoms with van der Waals surface area (Å²) < 4.78 is 16.0. The fourth-order valence-corrected chi connectivity index (χ4v) is 3.57. The first-order valence-electron chi connectivity index (χ1n) is 13.6. The highest BCUT2D eigenvalue weighted by atomic mass is 35.5. The zero-order valence-electron chi connectivity index (χ0n) is 25.3. The molecule has 0 amide bonds. The highest BCUT2D eigenvalue weighted by molar-refractivity contribution is 5.80. The number of carbonyl (C=O) groups excluding carboxylic acids is 3. The van der Waals surface area contributed by atoms with E-state index in [2.05, 4.69) is 0 Å². The summed E-state index contributed by atoms with van der Waals surface area (Å²) in [5, 5.41) is 0. The van der Waals surface area contributed by atoms with Gasteiger partial charge in [-0.3, -0.25) is 14.4 Å². The zero-order valence-corrected chi connectivity index (χ0v) is 26.1. The molecule has 224 valence electrons. The van der Waals surface area contributed by atoms with Crippen LogP contribution in [0.1, 0.15) is 91.7 Å². The van der Waals surface area contributed by atoms with Gasteiger partial charge in [-0.1, -0.05) is 81.4 Å². The van der Waals surface area contributed by atoms with Gasteiger partial charge in [0.25, 0.3) is 0 Å². The van der Waals surface area contributed by atoms with Gasteiger partial charge in [0, 0.05) is 11.8 Å². The van der Waals surface area contributed by atoms with Gasteiger partial charge in [0.05, 0.1) is 12.3 Å². The molecule has 0 heterocycles. The first-order chi connectivity index (χ1) is 18.1. The molecule has 40 heavy (non-hydrogen) atoms. The Morgan fingerprint density at radius 3 is 1.43 bits per heavy atom. The number of benzene rings is 2. The summed E-state index contributed by atoms with van der Waals surface area (Å²) in [6, 6.07) is 19.3. The minimum absolute atomic E-state index is 0. The van der Waals surface area contributed by atoms with Crippen LogP contribution in [-0.4, -0.2) is 41.8 Å². The van der Waals surface area contributed by atoms with Crippen LogP contribution in [0, 0.1) is 5.92 Å². The summed E-state index contributed by atoms with van der Waals surface area (Å²) in [6.07, 6.45) is -0.394. The Hall–Kier alpha value is -2.90. The largest absolute Gasteiger partial charge is 1.00 e. The number of rotatable bonds is 10. The van der Waals surface area contributed by atoms with Crippen molar-refractivity contribution < 1.29 is 41.0 Å². The first-order valence-corrected chi connectivity index (χ1v) is 13.6. The van der Waals surface area contributed by atoms with Gasteiger partial charge in [0.15, 0.2) is 0 Å². The highest BCUT2D eigenvalue weighted by Gasteiger charge is 2.26. The van der Waals surface area contributed by atoms with Crippen molar-refractivity contribution in [3.63, 3.8) is 0 Å². The molecule has 0 saturated heterocycles. The molecular formula is C32H47ClNO6-. The zero-order chi connectivity index (χ0) is 29.8. The van der Waals surface area contributed by atoms with Gasteiger partial charge in [-0.2, -0.15) is 0 Å². The van der Waals surface area contributed by atoms with Crippen molar-refractivity contribution in [3.05, 3.63) is 71.8 Å². The van der Waals surface area contributed by atoms with Crippen LogP contribution in [-0.2, 0) is 28.6 Å². The first kappa shape index (κ1) is 37.1. The molecule has 0 aliphatic heterocycles. The van der Waals surface area contributed by atoms with E-state index in [9.17, 15) is 14.4 Å². The lowest BCUT2D eigenvalue weighted by atomic mass is 9.96. The summed E-state index contributed by atoms with van der Waals surface area (Å²) in [7, 11) is 0. The molecule has 0 aromatic heterocycles. The molecule has 0 fully saturated rings.